The number of pyridine rings is 1. The van der Waals surface area contributed by atoms with Crippen molar-refractivity contribution in [3.63, 3.8) is 0 Å². The highest BCUT2D eigenvalue weighted by Gasteiger charge is 2.37. The van der Waals surface area contributed by atoms with Gasteiger partial charge in [-0.05, 0) is 77.8 Å². The smallest absolute Gasteiger partial charge is 0.330 e. The van der Waals surface area contributed by atoms with E-state index in [4.69, 9.17) is 0 Å². The van der Waals surface area contributed by atoms with E-state index in [1.807, 2.05) is 11.8 Å². The Balaban J connectivity index is 1.80. The molecule has 4 rings (SSSR count). The molecule has 0 radical (unpaired) electrons. The lowest BCUT2D eigenvalue weighted by molar-refractivity contribution is -0.143. The largest absolute Gasteiger partial charge is 0.416 e. The molecule has 7 nitrogen and oxygen atoms in total. The van der Waals surface area contributed by atoms with Gasteiger partial charge in [-0.3, -0.25) is 9.88 Å². The van der Waals surface area contributed by atoms with Crippen molar-refractivity contribution in [3.8, 4) is 0 Å². The van der Waals surface area contributed by atoms with Crippen LogP contribution in [0.3, 0.4) is 0 Å². The van der Waals surface area contributed by atoms with Crippen molar-refractivity contribution in [2.45, 2.75) is 57.5 Å². The molecule has 2 aromatic carbocycles. The van der Waals surface area contributed by atoms with Gasteiger partial charge in [-0.2, -0.15) is 44.3 Å². The van der Waals surface area contributed by atoms with Gasteiger partial charge in [0.1, 0.15) is 0 Å². The van der Waals surface area contributed by atoms with E-state index in [0.29, 0.717) is 36.4 Å². The van der Waals surface area contributed by atoms with Crippen molar-refractivity contribution in [1.29, 1.82) is 0 Å². The third kappa shape index (κ3) is 8.49. The molecule has 45 heavy (non-hydrogen) atoms. The summed E-state index contributed by atoms with van der Waals surface area (Å²) in [5, 5.41) is 11.6. The van der Waals surface area contributed by atoms with Gasteiger partial charge >= 0.3 is 18.5 Å². The van der Waals surface area contributed by atoms with E-state index >= 15 is 0 Å². The number of alkyl halides is 9. The van der Waals surface area contributed by atoms with Crippen LogP contribution in [0, 0.1) is 0 Å². The fraction of sp³-hybridized carbons (Fsp3) is 0.379. The molecule has 0 saturated carbocycles. The number of aromatic nitrogens is 5. The Morgan fingerprint density at radius 3 is 1.93 bits per heavy atom. The highest BCUT2D eigenvalue weighted by Crippen LogP contribution is 2.38. The second-order valence-corrected chi connectivity index (χ2v) is 10.4. The van der Waals surface area contributed by atoms with E-state index in [1.165, 1.54) is 18.0 Å². The van der Waals surface area contributed by atoms with Crippen LogP contribution < -0.4 is 4.90 Å². The highest BCUT2D eigenvalue weighted by atomic mass is 19.4. The Labute approximate surface area is 252 Å². The van der Waals surface area contributed by atoms with Gasteiger partial charge in [0, 0.05) is 31.9 Å². The molecule has 1 unspecified atom stereocenters. The fourth-order valence-electron chi connectivity index (χ4n) is 5.01. The predicted molar refractivity (Wildman–Crippen MR) is 145 cm³/mol. The lowest BCUT2D eigenvalue weighted by Crippen LogP contribution is -2.29. The first-order valence-electron chi connectivity index (χ1n) is 13.5. The summed E-state index contributed by atoms with van der Waals surface area (Å²) >= 11 is 0. The maximum Gasteiger partial charge on any atom is 0.416 e. The summed E-state index contributed by atoms with van der Waals surface area (Å²) in [4.78, 5) is 8.39. The molecule has 1 atom stereocenters. The normalized spacial score (nSPS) is 13.4. The van der Waals surface area contributed by atoms with E-state index in [1.54, 1.807) is 31.4 Å². The molecule has 0 spiro atoms. The number of tetrazole rings is 1. The molecular formula is C29H28F9N7. The Hall–Kier alpha value is -4.21. The fourth-order valence-corrected chi connectivity index (χ4v) is 5.01. The summed E-state index contributed by atoms with van der Waals surface area (Å²) in [6.45, 7) is 1.19. The topological polar surface area (TPSA) is 63.0 Å². The molecular weight excluding hydrogens is 617 g/mol. The van der Waals surface area contributed by atoms with Crippen molar-refractivity contribution in [2.75, 3.05) is 11.9 Å². The van der Waals surface area contributed by atoms with Crippen molar-refractivity contribution in [1.82, 2.24) is 30.1 Å². The van der Waals surface area contributed by atoms with Crippen LogP contribution in [0.2, 0.25) is 0 Å². The number of aryl methyl sites for hydroxylation is 1. The first-order valence-corrected chi connectivity index (χ1v) is 13.5. The number of nitrogens with zero attached hydrogens (tertiary/aromatic N) is 7. The molecule has 16 heteroatoms. The van der Waals surface area contributed by atoms with Crippen molar-refractivity contribution in [2.24, 2.45) is 7.05 Å². The van der Waals surface area contributed by atoms with Crippen molar-refractivity contribution < 1.29 is 39.5 Å². The molecule has 2 heterocycles. The number of hydrogen-bond donors (Lipinski definition) is 0. The van der Waals surface area contributed by atoms with E-state index in [0.717, 1.165) is 16.9 Å². The zero-order valence-corrected chi connectivity index (χ0v) is 24.2. The first kappa shape index (κ1) is 33.7. The third-order valence-electron chi connectivity index (χ3n) is 7.05. The summed E-state index contributed by atoms with van der Waals surface area (Å²) in [6, 6.07) is 9.19. The van der Waals surface area contributed by atoms with Crippen LogP contribution in [0.1, 0.15) is 58.5 Å². The molecule has 0 fully saturated rings. The third-order valence-corrected chi connectivity index (χ3v) is 7.05. The Bertz CT molecular complexity index is 1550. The number of benzene rings is 2. The zero-order chi connectivity index (χ0) is 33.2. The highest BCUT2D eigenvalue weighted by molar-refractivity contribution is 5.42. The van der Waals surface area contributed by atoms with Gasteiger partial charge in [0.05, 0.1) is 29.4 Å². The van der Waals surface area contributed by atoms with Crippen molar-refractivity contribution >= 4 is 5.95 Å². The van der Waals surface area contributed by atoms with E-state index in [-0.39, 0.29) is 17.6 Å². The average Bonchev–Trinajstić information content (AvgIpc) is 3.39. The molecule has 0 aliphatic heterocycles. The Morgan fingerprint density at radius 2 is 1.42 bits per heavy atom. The minimum absolute atomic E-state index is 0.00257. The van der Waals surface area contributed by atoms with Crippen LogP contribution in [-0.4, -0.2) is 37.1 Å². The van der Waals surface area contributed by atoms with E-state index < -0.39 is 59.9 Å². The van der Waals surface area contributed by atoms with Gasteiger partial charge in [0.2, 0.25) is 0 Å². The zero-order valence-electron chi connectivity index (χ0n) is 24.2. The van der Waals surface area contributed by atoms with Crippen LogP contribution >= 0.6 is 0 Å². The molecule has 0 N–H and O–H groups in total. The molecule has 0 saturated heterocycles. The SMILES string of the molecule is CCC(c1ccc(C(F)(F)F)cc1CN(Cc1cc(C(F)(F)F)cc(C(F)(F)F)c1)c1nnn(C)n1)N(C)Cc1ccccn1. The molecule has 0 bridgehead atoms. The minimum Gasteiger partial charge on any atom is -0.330 e. The van der Waals surface area contributed by atoms with Gasteiger partial charge in [-0.25, -0.2) is 0 Å². The summed E-state index contributed by atoms with van der Waals surface area (Å²) < 4.78 is 123. The van der Waals surface area contributed by atoms with Crippen LogP contribution in [-0.2, 0) is 45.2 Å². The lowest BCUT2D eigenvalue weighted by Gasteiger charge is -2.31. The van der Waals surface area contributed by atoms with Gasteiger partial charge < -0.3 is 4.90 Å². The van der Waals surface area contributed by atoms with Crippen LogP contribution in [0.5, 0.6) is 0 Å². The first-order chi connectivity index (χ1) is 21.0. The van der Waals surface area contributed by atoms with Crippen LogP contribution in [0.15, 0.2) is 60.8 Å². The number of hydrogen-bond acceptors (Lipinski definition) is 6. The van der Waals surface area contributed by atoms with Crippen LogP contribution in [0.4, 0.5) is 45.5 Å². The monoisotopic (exact) mass is 645 g/mol. The lowest BCUT2D eigenvalue weighted by atomic mass is 9.94. The van der Waals surface area contributed by atoms with Gasteiger partial charge in [0.25, 0.3) is 5.95 Å². The Kier molecular flexibility index (Phi) is 9.75. The second kappa shape index (κ2) is 13.0. The van der Waals surface area contributed by atoms with Crippen LogP contribution in [0.25, 0.3) is 0 Å². The maximum atomic E-state index is 13.9. The maximum absolute atomic E-state index is 13.9. The molecule has 0 amide bonds. The summed E-state index contributed by atoms with van der Waals surface area (Å²) in [6.07, 6.45) is -12.9. The summed E-state index contributed by atoms with van der Waals surface area (Å²) in [7, 11) is 3.16. The second-order valence-electron chi connectivity index (χ2n) is 10.4. The van der Waals surface area contributed by atoms with Crippen molar-refractivity contribution in [3.05, 3.63) is 99.9 Å². The molecule has 2 aromatic heterocycles. The molecule has 4 aromatic rings. The summed E-state index contributed by atoms with van der Waals surface area (Å²) in [5.41, 5.74) is -3.13. The number of halogens is 9. The molecule has 242 valence electrons. The Morgan fingerprint density at radius 1 is 0.778 bits per heavy atom. The van der Waals surface area contributed by atoms with Gasteiger partial charge in [-0.15, -0.1) is 5.10 Å². The molecule has 0 aliphatic rings. The van der Waals surface area contributed by atoms with E-state index in [9.17, 15) is 39.5 Å². The van der Waals surface area contributed by atoms with E-state index in [2.05, 4.69) is 20.4 Å². The van der Waals surface area contributed by atoms with Gasteiger partial charge in [-0.1, -0.05) is 24.2 Å². The standard InChI is InChI=1S/C29H28F9N7/c1-4-25(43(2)17-23-7-5-6-10-39-23)24-9-8-20(27(30,31)32)13-19(24)16-45(26-40-42-44(3)41-26)15-18-11-21(28(33,34)35)14-22(12-18)29(36,37)38/h5-14,25H,4,15-17H2,1-3H3. The van der Waals surface area contributed by atoms with Gasteiger partial charge in [0.15, 0.2) is 0 Å². The minimum atomic E-state index is -5.09. The predicted octanol–water partition coefficient (Wildman–Crippen LogP) is 7.45. The summed E-state index contributed by atoms with van der Waals surface area (Å²) in [5.74, 6) is -0.207. The number of anilines is 1. The molecule has 0 aliphatic carbocycles. The quantitative estimate of drug-likeness (QED) is 0.167. The number of rotatable bonds is 10. The average molecular weight is 646 g/mol.